The molecule has 0 aliphatic heterocycles. The average Bonchev–Trinajstić information content (AvgIpc) is 2.81. The Balaban J connectivity index is 2.36. The highest BCUT2D eigenvalue weighted by Gasteiger charge is 2.19. The Morgan fingerprint density at radius 1 is 1.26 bits per heavy atom. The van der Waals surface area contributed by atoms with Gasteiger partial charge in [0.15, 0.2) is 11.5 Å². The first-order chi connectivity index (χ1) is 9.18. The maximum Gasteiger partial charge on any atom is 0.174 e. The monoisotopic (exact) mass is 257 g/mol. The maximum atomic E-state index is 13.8. The number of nitrogens with zero attached hydrogens (tertiary/aromatic N) is 3. The van der Waals surface area contributed by atoms with Gasteiger partial charge in [0, 0.05) is 24.2 Å². The van der Waals surface area contributed by atoms with Crippen LogP contribution in [-0.2, 0) is 0 Å². The van der Waals surface area contributed by atoms with Gasteiger partial charge in [-0.25, -0.2) is 9.37 Å². The summed E-state index contributed by atoms with van der Waals surface area (Å²) in [6, 6.07) is 6.51. The number of aliphatic hydroxyl groups excluding tert-OH is 1. The van der Waals surface area contributed by atoms with Gasteiger partial charge in [0.05, 0.1) is 17.5 Å². The van der Waals surface area contributed by atoms with Crippen LogP contribution in [0.25, 0.3) is 16.9 Å². The molecular formula is C14H12FN3O. The van der Waals surface area contributed by atoms with Crippen LogP contribution in [0.5, 0.6) is 0 Å². The van der Waals surface area contributed by atoms with Gasteiger partial charge in [0.1, 0.15) is 0 Å². The van der Waals surface area contributed by atoms with Crippen molar-refractivity contribution >= 4 is 5.65 Å². The number of imidazole rings is 1. The lowest BCUT2D eigenvalue weighted by molar-refractivity contribution is 0.194. The minimum absolute atomic E-state index is 0.213. The van der Waals surface area contributed by atoms with Crippen molar-refractivity contribution in [3.8, 4) is 11.3 Å². The Kier molecular flexibility index (Phi) is 2.76. The summed E-state index contributed by atoms with van der Waals surface area (Å²) < 4.78 is 15.4. The van der Waals surface area contributed by atoms with Crippen molar-refractivity contribution in [2.45, 2.75) is 13.0 Å². The fraction of sp³-hybridized carbons (Fsp3) is 0.143. The molecule has 3 aromatic heterocycles. The van der Waals surface area contributed by atoms with E-state index in [0.29, 0.717) is 11.4 Å². The molecule has 3 rings (SSSR count). The molecule has 0 amide bonds. The van der Waals surface area contributed by atoms with E-state index in [1.165, 1.54) is 6.07 Å². The minimum Gasteiger partial charge on any atom is -0.387 e. The zero-order valence-corrected chi connectivity index (χ0v) is 10.3. The van der Waals surface area contributed by atoms with E-state index >= 15 is 0 Å². The van der Waals surface area contributed by atoms with E-state index < -0.39 is 11.9 Å². The quantitative estimate of drug-likeness (QED) is 0.767. The number of pyridine rings is 2. The normalized spacial score (nSPS) is 12.8. The van der Waals surface area contributed by atoms with Gasteiger partial charge in [-0.1, -0.05) is 0 Å². The molecule has 4 nitrogen and oxygen atoms in total. The highest BCUT2D eigenvalue weighted by atomic mass is 19.1. The SMILES string of the molecule is CC(O)c1c(-c2ccncc2)nc2c(F)cccn12. The molecule has 3 aromatic rings. The van der Waals surface area contributed by atoms with E-state index in [1.807, 2.05) is 0 Å². The van der Waals surface area contributed by atoms with Crippen molar-refractivity contribution in [3.05, 3.63) is 54.4 Å². The summed E-state index contributed by atoms with van der Waals surface area (Å²) in [6.07, 6.45) is 4.22. The van der Waals surface area contributed by atoms with Crippen LogP contribution >= 0.6 is 0 Å². The van der Waals surface area contributed by atoms with E-state index in [9.17, 15) is 9.50 Å². The third-order valence-corrected chi connectivity index (χ3v) is 2.99. The van der Waals surface area contributed by atoms with Crippen molar-refractivity contribution in [3.63, 3.8) is 0 Å². The second kappa shape index (κ2) is 4.44. The van der Waals surface area contributed by atoms with Crippen molar-refractivity contribution < 1.29 is 9.50 Å². The van der Waals surface area contributed by atoms with Crippen LogP contribution in [-0.4, -0.2) is 19.5 Å². The van der Waals surface area contributed by atoms with Crippen LogP contribution < -0.4 is 0 Å². The predicted octanol–water partition coefficient (Wildman–Crippen LogP) is 2.59. The van der Waals surface area contributed by atoms with Crippen LogP contribution in [0.2, 0.25) is 0 Å². The molecule has 0 saturated carbocycles. The Bertz CT molecular complexity index is 722. The lowest BCUT2D eigenvalue weighted by Gasteiger charge is -2.07. The van der Waals surface area contributed by atoms with E-state index in [2.05, 4.69) is 9.97 Å². The molecule has 1 N–H and O–H groups in total. The standard InChI is InChI=1S/C14H12FN3O/c1-9(19)13-12(10-4-6-16-7-5-10)17-14-11(15)3-2-8-18(13)14/h2-9,19H,1H3. The highest BCUT2D eigenvalue weighted by Crippen LogP contribution is 2.29. The summed E-state index contributed by atoms with van der Waals surface area (Å²) in [6.45, 7) is 1.64. The first-order valence-electron chi connectivity index (χ1n) is 5.93. The molecule has 0 radical (unpaired) electrons. The minimum atomic E-state index is -0.750. The van der Waals surface area contributed by atoms with Crippen molar-refractivity contribution in [2.75, 3.05) is 0 Å². The largest absolute Gasteiger partial charge is 0.387 e. The van der Waals surface area contributed by atoms with Gasteiger partial charge in [-0.05, 0) is 31.2 Å². The maximum absolute atomic E-state index is 13.8. The second-order valence-electron chi connectivity index (χ2n) is 4.31. The fourth-order valence-corrected chi connectivity index (χ4v) is 2.17. The Morgan fingerprint density at radius 3 is 2.68 bits per heavy atom. The average molecular weight is 257 g/mol. The summed E-state index contributed by atoms with van der Waals surface area (Å²) in [5.41, 5.74) is 2.16. The number of aromatic nitrogens is 3. The highest BCUT2D eigenvalue weighted by molar-refractivity contribution is 5.66. The van der Waals surface area contributed by atoms with Crippen LogP contribution in [0.4, 0.5) is 4.39 Å². The molecule has 3 heterocycles. The summed E-state index contributed by atoms with van der Waals surface area (Å²) >= 11 is 0. The smallest absolute Gasteiger partial charge is 0.174 e. The van der Waals surface area contributed by atoms with Crippen molar-refractivity contribution in [1.82, 2.24) is 14.4 Å². The fourth-order valence-electron chi connectivity index (χ4n) is 2.17. The number of aliphatic hydroxyl groups is 1. The lowest BCUT2D eigenvalue weighted by Crippen LogP contribution is -1.99. The first kappa shape index (κ1) is 11.8. The molecule has 19 heavy (non-hydrogen) atoms. The van der Waals surface area contributed by atoms with E-state index in [-0.39, 0.29) is 5.65 Å². The van der Waals surface area contributed by atoms with Gasteiger partial charge in [-0.2, -0.15) is 0 Å². The number of halogens is 1. The molecule has 0 aliphatic carbocycles. The topological polar surface area (TPSA) is 50.4 Å². The molecule has 5 heteroatoms. The molecule has 1 unspecified atom stereocenters. The predicted molar refractivity (Wildman–Crippen MR) is 69.0 cm³/mol. The van der Waals surface area contributed by atoms with E-state index in [0.717, 1.165) is 5.56 Å². The van der Waals surface area contributed by atoms with Gasteiger partial charge in [-0.3, -0.25) is 9.38 Å². The zero-order chi connectivity index (χ0) is 13.4. The van der Waals surface area contributed by atoms with Gasteiger partial charge in [-0.15, -0.1) is 0 Å². The molecule has 0 aromatic carbocycles. The van der Waals surface area contributed by atoms with Crippen LogP contribution in [0.15, 0.2) is 42.9 Å². The summed E-state index contributed by atoms with van der Waals surface area (Å²) in [4.78, 5) is 8.25. The zero-order valence-electron chi connectivity index (χ0n) is 10.3. The molecule has 0 saturated heterocycles. The summed E-state index contributed by atoms with van der Waals surface area (Å²) in [7, 11) is 0. The molecule has 0 fully saturated rings. The Hall–Kier alpha value is -2.27. The number of rotatable bonds is 2. The van der Waals surface area contributed by atoms with Crippen molar-refractivity contribution in [2.24, 2.45) is 0 Å². The lowest BCUT2D eigenvalue weighted by atomic mass is 10.1. The molecule has 1 atom stereocenters. The molecule has 96 valence electrons. The van der Waals surface area contributed by atoms with Gasteiger partial charge in [0.2, 0.25) is 0 Å². The molecule has 0 bridgehead atoms. The van der Waals surface area contributed by atoms with Crippen LogP contribution in [0.3, 0.4) is 0 Å². The Labute approximate surface area is 109 Å². The third-order valence-electron chi connectivity index (χ3n) is 2.99. The summed E-state index contributed by atoms with van der Waals surface area (Å²) in [5, 5.41) is 9.94. The van der Waals surface area contributed by atoms with E-state index in [1.54, 1.807) is 48.1 Å². The van der Waals surface area contributed by atoms with E-state index in [4.69, 9.17) is 0 Å². The molecule has 0 aliphatic rings. The van der Waals surface area contributed by atoms with Gasteiger partial charge < -0.3 is 5.11 Å². The van der Waals surface area contributed by atoms with Gasteiger partial charge >= 0.3 is 0 Å². The number of fused-ring (bicyclic) bond motifs is 1. The Morgan fingerprint density at radius 2 is 2.00 bits per heavy atom. The molecule has 0 spiro atoms. The van der Waals surface area contributed by atoms with Crippen LogP contribution in [0, 0.1) is 5.82 Å². The molecular weight excluding hydrogens is 245 g/mol. The van der Waals surface area contributed by atoms with Crippen molar-refractivity contribution in [1.29, 1.82) is 0 Å². The number of hydrogen-bond donors (Lipinski definition) is 1. The third kappa shape index (κ3) is 1.88. The number of hydrogen-bond acceptors (Lipinski definition) is 3. The van der Waals surface area contributed by atoms with Crippen LogP contribution in [0.1, 0.15) is 18.7 Å². The second-order valence-corrected chi connectivity index (χ2v) is 4.31. The summed E-state index contributed by atoms with van der Waals surface area (Å²) in [5.74, 6) is -0.412. The van der Waals surface area contributed by atoms with Gasteiger partial charge in [0.25, 0.3) is 0 Å². The first-order valence-corrected chi connectivity index (χ1v) is 5.93.